The molecule has 0 N–H and O–H groups in total. The van der Waals surface area contributed by atoms with E-state index in [0.717, 1.165) is 63.5 Å². The van der Waals surface area contributed by atoms with Crippen molar-refractivity contribution in [2.24, 2.45) is 0 Å². The number of hydrogen-bond acceptors (Lipinski definition) is 6. The van der Waals surface area contributed by atoms with Crippen molar-refractivity contribution in [3.05, 3.63) is 96.1 Å². The molecule has 1 aliphatic rings. The van der Waals surface area contributed by atoms with E-state index < -0.39 is 11.6 Å². The molecule has 250 valence electrons. The third-order valence-corrected chi connectivity index (χ3v) is 7.99. The van der Waals surface area contributed by atoms with Crippen molar-refractivity contribution in [3.63, 3.8) is 0 Å². The molecule has 8 heteroatoms. The van der Waals surface area contributed by atoms with Gasteiger partial charge in [0, 0.05) is 5.56 Å². The van der Waals surface area contributed by atoms with Gasteiger partial charge >= 0.3 is 0 Å². The highest BCUT2D eigenvalue weighted by Crippen LogP contribution is 2.28. The first kappa shape index (κ1) is 35.6. The lowest BCUT2D eigenvalue weighted by Gasteiger charge is -2.27. The molecular formula is C38H48F2O6. The Hall–Kier alpha value is -3.30. The van der Waals surface area contributed by atoms with E-state index in [-0.39, 0.29) is 24.6 Å². The van der Waals surface area contributed by atoms with Gasteiger partial charge in [-0.25, -0.2) is 18.6 Å². The maximum atomic E-state index is 14.9. The third-order valence-electron chi connectivity index (χ3n) is 7.99. The van der Waals surface area contributed by atoms with E-state index in [1.54, 1.807) is 24.3 Å². The molecule has 0 radical (unpaired) electrons. The normalized spacial score (nSPS) is 16.3. The van der Waals surface area contributed by atoms with Crippen molar-refractivity contribution in [2.75, 3.05) is 33.0 Å². The van der Waals surface area contributed by atoms with Crippen LogP contribution in [0, 0.1) is 18.6 Å². The summed E-state index contributed by atoms with van der Waals surface area (Å²) in [4.78, 5) is 11.0. The summed E-state index contributed by atoms with van der Waals surface area (Å²) < 4.78 is 52.4. The van der Waals surface area contributed by atoms with Crippen LogP contribution in [0.25, 0.3) is 11.1 Å². The van der Waals surface area contributed by atoms with E-state index in [1.165, 1.54) is 17.7 Å². The predicted molar refractivity (Wildman–Crippen MR) is 176 cm³/mol. The Morgan fingerprint density at radius 3 is 2.09 bits per heavy atom. The summed E-state index contributed by atoms with van der Waals surface area (Å²) in [5.74, 6) is 0.183. The number of rotatable bonds is 21. The van der Waals surface area contributed by atoms with Crippen molar-refractivity contribution in [1.29, 1.82) is 0 Å². The van der Waals surface area contributed by atoms with Crippen LogP contribution in [0.5, 0.6) is 11.5 Å². The van der Waals surface area contributed by atoms with Crippen molar-refractivity contribution in [1.82, 2.24) is 0 Å². The second-order valence-electron chi connectivity index (χ2n) is 11.7. The van der Waals surface area contributed by atoms with Gasteiger partial charge in [0.25, 0.3) is 0 Å². The topological polar surface area (TPSA) is 55.4 Å². The molecule has 1 aliphatic carbocycles. The maximum Gasteiger partial charge on any atom is 0.165 e. The number of halogens is 2. The lowest BCUT2D eigenvalue weighted by molar-refractivity contribution is -0.339. The maximum absolute atomic E-state index is 14.9. The van der Waals surface area contributed by atoms with Gasteiger partial charge < -0.3 is 18.9 Å². The minimum absolute atomic E-state index is 0.00843. The summed E-state index contributed by atoms with van der Waals surface area (Å²) in [5.41, 5.74) is 2.73. The summed E-state index contributed by atoms with van der Waals surface area (Å²) in [7, 11) is 0. The molecular weight excluding hydrogens is 590 g/mol. The summed E-state index contributed by atoms with van der Waals surface area (Å²) in [6, 6.07) is 17.5. The minimum Gasteiger partial charge on any atom is -0.494 e. The van der Waals surface area contributed by atoms with Crippen LogP contribution in [0.15, 0.2) is 73.3 Å². The molecule has 0 amide bonds. The SMILES string of the molecule is C=CCCOCCOC1CCC(OOCc2ccc(-c3ccc(OCCCCCCOc4ccc(C)cc4)c(F)c3)cc2F)CC1. The van der Waals surface area contributed by atoms with Gasteiger partial charge in [-0.1, -0.05) is 42.0 Å². The number of benzene rings is 3. The van der Waals surface area contributed by atoms with Crippen LogP contribution in [0.1, 0.15) is 68.9 Å². The molecule has 4 rings (SSSR count). The molecule has 6 nitrogen and oxygen atoms in total. The van der Waals surface area contributed by atoms with Crippen LogP contribution >= 0.6 is 0 Å². The fraction of sp³-hybridized carbons (Fsp3) is 0.474. The molecule has 0 heterocycles. The fourth-order valence-electron chi connectivity index (χ4n) is 5.24. The highest BCUT2D eigenvalue weighted by atomic mass is 19.1. The number of ether oxygens (including phenoxy) is 4. The van der Waals surface area contributed by atoms with Crippen molar-refractivity contribution in [3.8, 4) is 22.6 Å². The van der Waals surface area contributed by atoms with Crippen molar-refractivity contribution in [2.45, 2.75) is 83.5 Å². The van der Waals surface area contributed by atoms with Gasteiger partial charge in [0.15, 0.2) is 11.6 Å². The second-order valence-corrected chi connectivity index (χ2v) is 11.7. The van der Waals surface area contributed by atoms with Crippen LogP contribution in [-0.4, -0.2) is 45.2 Å². The zero-order valence-electron chi connectivity index (χ0n) is 27.0. The van der Waals surface area contributed by atoms with Crippen LogP contribution < -0.4 is 9.47 Å². The third kappa shape index (κ3) is 12.5. The molecule has 0 aromatic heterocycles. The molecule has 0 atom stereocenters. The van der Waals surface area contributed by atoms with E-state index >= 15 is 0 Å². The van der Waals surface area contributed by atoms with Gasteiger partial charge in [-0.15, -0.1) is 6.58 Å². The summed E-state index contributed by atoms with van der Waals surface area (Å²) in [6.07, 6.45) is 10.0. The molecule has 0 bridgehead atoms. The summed E-state index contributed by atoms with van der Waals surface area (Å²) in [6.45, 7) is 8.66. The average Bonchev–Trinajstić information content (AvgIpc) is 3.06. The zero-order chi connectivity index (χ0) is 32.4. The van der Waals surface area contributed by atoms with Gasteiger partial charge in [0.1, 0.15) is 18.2 Å². The van der Waals surface area contributed by atoms with Crippen LogP contribution in [0.2, 0.25) is 0 Å². The lowest BCUT2D eigenvalue weighted by atomic mass is 9.95. The number of unbranched alkanes of at least 4 members (excludes halogenated alkanes) is 3. The van der Waals surface area contributed by atoms with E-state index in [1.807, 2.05) is 30.3 Å². The Labute approximate surface area is 272 Å². The molecule has 3 aromatic carbocycles. The quantitative estimate of drug-likeness (QED) is 0.0502. The molecule has 3 aromatic rings. The van der Waals surface area contributed by atoms with Crippen LogP contribution in [0.3, 0.4) is 0 Å². The zero-order valence-corrected chi connectivity index (χ0v) is 27.0. The van der Waals surface area contributed by atoms with Gasteiger partial charge in [-0.05, 0) is 106 Å². The molecule has 0 saturated heterocycles. The van der Waals surface area contributed by atoms with Crippen molar-refractivity contribution < 1.29 is 37.5 Å². The smallest absolute Gasteiger partial charge is 0.165 e. The molecule has 46 heavy (non-hydrogen) atoms. The number of aryl methyl sites for hydroxylation is 1. The Balaban J connectivity index is 1.09. The van der Waals surface area contributed by atoms with Crippen LogP contribution in [-0.2, 0) is 25.9 Å². The Morgan fingerprint density at radius 2 is 1.39 bits per heavy atom. The standard InChI is InChI=1S/C38H48F2O6/c1-3-4-21-41-24-25-43-34-16-18-35(19-17-34)46-45-28-32-12-11-30(26-36(32)39)31-13-20-38(37(40)27-31)44-23-8-6-5-7-22-42-33-14-9-29(2)10-15-33/h3,9-15,20,26-27,34-35H,1,4-8,16-19,21-25,28H2,2H3. The lowest BCUT2D eigenvalue weighted by Crippen LogP contribution is -2.27. The van der Waals surface area contributed by atoms with Gasteiger partial charge in [0.2, 0.25) is 0 Å². The first-order chi connectivity index (χ1) is 22.5. The molecule has 1 saturated carbocycles. The molecule has 0 unspecified atom stereocenters. The highest BCUT2D eigenvalue weighted by molar-refractivity contribution is 5.65. The van der Waals surface area contributed by atoms with Gasteiger partial charge in [-0.3, -0.25) is 0 Å². The number of hydrogen-bond donors (Lipinski definition) is 0. The summed E-state index contributed by atoms with van der Waals surface area (Å²) in [5, 5.41) is 0. The molecule has 1 fully saturated rings. The van der Waals surface area contributed by atoms with E-state index in [0.29, 0.717) is 49.7 Å². The largest absolute Gasteiger partial charge is 0.494 e. The van der Waals surface area contributed by atoms with Gasteiger partial charge in [0.05, 0.1) is 45.2 Å². The van der Waals surface area contributed by atoms with Gasteiger partial charge in [-0.2, -0.15) is 0 Å². The van der Waals surface area contributed by atoms with E-state index in [9.17, 15) is 8.78 Å². The minimum atomic E-state index is -0.470. The van der Waals surface area contributed by atoms with Crippen LogP contribution in [0.4, 0.5) is 8.78 Å². The monoisotopic (exact) mass is 638 g/mol. The fourth-order valence-corrected chi connectivity index (χ4v) is 5.24. The van der Waals surface area contributed by atoms with Crippen molar-refractivity contribution >= 4 is 0 Å². The first-order valence-electron chi connectivity index (χ1n) is 16.5. The average molecular weight is 639 g/mol. The highest BCUT2D eigenvalue weighted by Gasteiger charge is 2.23. The Kier molecular flexibility index (Phi) is 15.5. The second kappa shape index (κ2) is 20.0. The van der Waals surface area contributed by atoms with E-state index in [2.05, 4.69) is 13.5 Å². The molecule has 0 aliphatic heterocycles. The first-order valence-corrected chi connectivity index (χ1v) is 16.5. The predicted octanol–water partition coefficient (Wildman–Crippen LogP) is 9.33. The molecule has 0 spiro atoms. The van der Waals surface area contributed by atoms with E-state index in [4.69, 9.17) is 28.7 Å². The summed E-state index contributed by atoms with van der Waals surface area (Å²) >= 11 is 0. The Bertz CT molecular complexity index is 1310. The Morgan fingerprint density at radius 1 is 0.717 bits per heavy atom.